The number of nitro groups is 1. The summed E-state index contributed by atoms with van der Waals surface area (Å²) in [5.74, 6) is 0.335. The van der Waals surface area contributed by atoms with E-state index < -0.39 is 4.92 Å². The number of hydrogen-bond acceptors (Lipinski definition) is 5. The molecule has 8 nitrogen and oxygen atoms in total. The molecule has 0 aliphatic carbocycles. The van der Waals surface area contributed by atoms with Crippen LogP contribution in [0.25, 0.3) is 16.7 Å². The van der Waals surface area contributed by atoms with Gasteiger partial charge in [0, 0.05) is 24.7 Å². The van der Waals surface area contributed by atoms with E-state index >= 15 is 0 Å². The fourth-order valence-electron chi connectivity index (χ4n) is 2.57. The Morgan fingerprint density at radius 2 is 2.00 bits per heavy atom. The molecule has 0 spiro atoms. The molecule has 2 N–H and O–H groups in total. The van der Waals surface area contributed by atoms with Crippen molar-refractivity contribution in [1.29, 1.82) is 0 Å². The molecule has 0 atom stereocenters. The first-order valence-corrected chi connectivity index (χ1v) is 7.84. The zero-order valence-electron chi connectivity index (χ0n) is 14.1. The van der Waals surface area contributed by atoms with E-state index in [1.807, 2.05) is 35.9 Å². The quantitative estimate of drug-likeness (QED) is 0.524. The van der Waals surface area contributed by atoms with Crippen molar-refractivity contribution >= 4 is 28.3 Å². The van der Waals surface area contributed by atoms with Crippen molar-refractivity contribution in [2.45, 2.75) is 6.42 Å². The van der Waals surface area contributed by atoms with Gasteiger partial charge < -0.3 is 4.57 Å². The lowest BCUT2D eigenvalue weighted by Crippen LogP contribution is -2.37. The van der Waals surface area contributed by atoms with E-state index in [1.165, 1.54) is 12.1 Å². The van der Waals surface area contributed by atoms with Crippen molar-refractivity contribution in [1.82, 2.24) is 20.4 Å². The minimum Gasteiger partial charge on any atom is -0.331 e. The molecular weight excluding hydrogens is 334 g/mol. The highest BCUT2D eigenvalue weighted by atomic mass is 16.6. The Morgan fingerprint density at radius 1 is 1.23 bits per heavy atom. The molecule has 1 heterocycles. The summed E-state index contributed by atoms with van der Waals surface area (Å²) in [4.78, 5) is 27.0. The van der Waals surface area contributed by atoms with Crippen molar-refractivity contribution in [3.8, 4) is 0 Å². The van der Waals surface area contributed by atoms with Crippen LogP contribution in [0.15, 0.2) is 55.1 Å². The Kier molecular flexibility index (Phi) is 4.66. The highest BCUT2D eigenvalue weighted by molar-refractivity contribution is 5.81. The van der Waals surface area contributed by atoms with Gasteiger partial charge in [-0.15, -0.1) is 0 Å². The predicted molar refractivity (Wildman–Crippen MR) is 97.8 cm³/mol. The molecule has 132 valence electrons. The van der Waals surface area contributed by atoms with Crippen LogP contribution in [0.3, 0.4) is 0 Å². The minimum atomic E-state index is -0.485. The van der Waals surface area contributed by atoms with Crippen molar-refractivity contribution in [2.24, 2.45) is 7.05 Å². The predicted octanol–water partition coefficient (Wildman–Crippen LogP) is 2.32. The van der Waals surface area contributed by atoms with Crippen molar-refractivity contribution in [2.75, 3.05) is 0 Å². The van der Waals surface area contributed by atoms with Crippen LogP contribution in [0.4, 0.5) is 5.69 Å². The summed E-state index contributed by atoms with van der Waals surface area (Å²) in [5.41, 5.74) is 7.82. The Morgan fingerprint density at radius 3 is 2.73 bits per heavy atom. The van der Waals surface area contributed by atoms with Crippen LogP contribution in [0.1, 0.15) is 11.4 Å². The first-order valence-electron chi connectivity index (χ1n) is 7.84. The SMILES string of the molecule is C=C(NNC(=O)Cc1nc2ccccc2n1C)c1cccc([N+](=O)[O-])c1. The molecule has 1 aromatic heterocycles. The average molecular weight is 351 g/mol. The van der Waals surface area contributed by atoms with Gasteiger partial charge in [0.1, 0.15) is 5.82 Å². The Hall–Kier alpha value is -3.68. The number of carbonyl (C=O) groups excluding carboxylic acids is 1. The van der Waals surface area contributed by atoms with Gasteiger partial charge in [0.2, 0.25) is 5.91 Å². The number of nitrogens with one attached hydrogen (secondary N) is 2. The number of carbonyl (C=O) groups is 1. The summed E-state index contributed by atoms with van der Waals surface area (Å²) < 4.78 is 1.87. The molecule has 1 amide bonds. The van der Waals surface area contributed by atoms with Gasteiger partial charge in [-0.2, -0.15) is 0 Å². The number of nitro benzene ring substituents is 1. The van der Waals surface area contributed by atoms with E-state index in [0.717, 1.165) is 11.0 Å². The van der Waals surface area contributed by atoms with Crippen LogP contribution in [0.5, 0.6) is 0 Å². The highest BCUT2D eigenvalue weighted by Gasteiger charge is 2.12. The number of hydrazine groups is 1. The molecule has 26 heavy (non-hydrogen) atoms. The van der Waals surface area contributed by atoms with E-state index in [1.54, 1.807) is 12.1 Å². The standard InChI is InChI=1S/C18H17N5O3/c1-12(13-6-5-7-14(10-13)23(25)26)20-21-18(24)11-17-19-15-8-3-4-9-16(15)22(17)2/h3-10,20H,1,11H2,2H3,(H,21,24). The van der Waals surface area contributed by atoms with Crippen LogP contribution in [-0.4, -0.2) is 20.4 Å². The van der Waals surface area contributed by atoms with Crippen LogP contribution in [0, 0.1) is 10.1 Å². The third kappa shape index (κ3) is 3.54. The first-order chi connectivity index (χ1) is 12.5. The lowest BCUT2D eigenvalue weighted by atomic mass is 10.1. The molecule has 0 bridgehead atoms. The van der Waals surface area contributed by atoms with Gasteiger partial charge in [-0.25, -0.2) is 4.98 Å². The number of fused-ring (bicyclic) bond motifs is 1. The zero-order valence-corrected chi connectivity index (χ0v) is 14.1. The maximum Gasteiger partial charge on any atom is 0.270 e. The van der Waals surface area contributed by atoms with Gasteiger partial charge in [-0.1, -0.05) is 30.8 Å². The lowest BCUT2D eigenvalue weighted by Gasteiger charge is -2.11. The molecule has 0 aliphatic heterocycles. The Bertz CT molecular complexity index is 1010. The second kappa shape index (κ2) is 7.06. The van der Waals surface area contributed by atoms with Crippen LogP contribution in [-0.2, 0) is 18.3 Å². The second-order valence-corrected chi connectivity index (χ2v) is 5.71. The summed E-state index contributed by atoms with van der Waals surface area (Å²) in [5, 5.41) is 10.8. The minimum absolute atomic E-state index is 0.0449. The molecule has 0 saturated carbocycles. The number of non-ortho nitro benzene ring substituents is 1. The molecule has 2 aromatic carbocycles. The third-order valence-corrected chi connectivity index (χ3v) is 3.96. The average Bonchev–Trinajstić information content (AvgIpc) is 2.95. The summed E-state index contributed by atoms with van der Waals surface area (Å²) in [6.45, 7) is 3.79. The monoisotopic (exact) mass is 351 g/mol. The van der Waals surface area contributed by atoms with Crippen molar-refractivity contribution < 1.29 is 9.72 Å². The van der Waals surface area contributed by atoms with E-state index in [9.17, 15) is 14.9 Å². The number of amides is 1. The number of para-hydroxylation sites is 2. The molecule has 0 aliphatic rings. The molecule has 8 heteroatoms. The first kappa shape index (κ1) is 17.2. The topological polar surface area (TPSA) is 102 Å². The van der Waals surface area contributed by atoms with Gasteiger partial charge in [0.25, 0.3) is 5.69 Å². The molecule has 0 radical (unpaired) electrons. The number of nitrogens with zero attached hydrogens (tertiary/aromatic N) is 3. The summed E-state index contributed by atoms with van der Waals surface area (Å²) in [6, 6.07) is 13.6. The number of benzene rings is 2. The fraction of sp³-hybridized carbons (Fsp3) is 0.111. The van der Waals surface area contributed by atoms with Gasteiger partial charge in [-0.3, -0.25) is 25.8 Å². The van der Waals surface area contributed by atoms with Gasteiger partial charge in [0.15, 0.2) is 0 Å². The Labute approximate surface area is 149 Å². The van der Waals surface area contributed by atoms with Crippen LogP contribution < -0.4 is 10.9 Å². The van der Waals surface area contributed by atoms with Crippen molar-refractivity contribution in [3.05, 3.63) is 76.6 Å². The number of imidazole rings is 1. The number of hydrogen-bond donors (Lipinski definition) is 2. The smallest absolute Gasteiger partial charge is 0.270 e. The highest BCUT2D eigenvalue weighted by Crippen LogP contribution is 2.17. The number of aromatic nitrogens is 2. The van der Waals surface area contributed by atoms with Crippen LogP contribution >= 0.6 is 0 Å². The number of aryl methyl sites for hydroxylation is 1. The molecule has 3 rings (SSSR count). The van der Waals surface area contributed by atoms with Crippen LogP contribution in [0.2, 0.25) is 0 Å². The van der Waals surface area contributed by atoms with Gasteiger partial charge in [-0.05, 0) is 12.1 Å². The zero-order chi connectivity index (χ0) is 18.7. The van der Waals surface area contributed by atoms with E-state index in [-0.39, 0.29) is 18.0 Å². The van der Waals surface area contributed by atoms with E-state index in [2.05, 4.69) is 22.4 Å². The molecule has 0 saturated heterocycles. The van der Waals surface area contributed by atoms with E-state index in [4.69, 9.17) is 0 Å². The molecule has 0 unspecified atom stereocenters. The molecule has 3 aromatic rings. The van der Waals surface area contributed by atoms with Gasteiger partial charge >= 0.3 is 0 Å². The third-order valence-electron chi connectivity index (χ3n) is 3.96. The second-order valence-electron chi connectivity index (χ2n) is 5.71. The van der Waals surface area contributed by atoms with E-state index in [0.29, 0.717) is 17.1 Å². The fourth-order valence-corrected chi connectivity index (χ4v) is 2.57. The largest absolute Gasteiger partial charge is 0.331 e. The van der Waals surface area contributed by atoms with Gasteiger partial charge in [0.05, 0.1) is 28.1 Å². The summed E-state index contributed by atoms with van der Waals surface area (Å²) in [7, 11) is 1.85. The summed E-state index contributed by atoms with van der Waals surface area (Å²) >= 11 is 0. The molecular formula is C18H17N5O3. The molecule has 0 fully saturated rings. The number of rotatable bonds is 6. The maximum absolute atomic E-state index is 12.2. The summed E-state index contributed by atoms with van der Waals surface area (Å²) in [6.07, 6.45) is 0.0837. The lowest BCUT2D eigenvalue weighted by molar-refractivity contribution is -0.384. The maximum atomic E-state index is 12.2. The Balaban J connectivity index is 1.63. The van der Waals surface area contributed by atoms with Crippen molar-refractivity contribution in [3.63, 3.8) is 0 Å². The normalized spacial score (nSPS) is 10.5.